The highest BCUT2D eigenvalue weighted by Gasteiger charge is 2.26. The van der Waals surface area contributed by atoms with E-state index in [4.69, 9.17) is 5.11 Å². The van der Waals surface area contributed by atoms with E-state index in [9.17, 15) is 9.59 Å². The lowest BCUT2D eigenvalue weighted by Gasteiger charge is -2.35. The summed E-state index contributed by atoms with van der Waals surface area (Å²) in [5.74, 6) is -0.801. The van der Waals surface area contributed by atoms with Crippen LogP contribution in [0.2, 0.25) is 0 Å². The van der Waals surface area contributed by atoms with Crippen LogP contribution in [0.1, 0.15) is 37.7 Å². The number of amides is 2. The number of nitrogens with one attached hydrogen (secondary N) is 1. The number of carboxylic acid groups (broad SMARTS) is 1. The summed E-state index contributed by atoms with van der Waals surface area (Å²) in [6, 6.07) is 9.73. The highest BCUT2D eigenvalue weighted by molar-refractivity contribution is 5.74. The average molecular weight is 290 g/mol. The van der Waals surface area contributed by atoms with Gasteiger partial charge in [0.15, 0.2) is 0 Å². The minimum atomic E-state index is -0.801. The molecule has 1 aromatic rings. The second kappa shape index (κ2) is 7.67. The fourth-order valence-electron chi connectivity index (χ4n) is 2.73. The number of carbonyl (C=O) groups is 2. The molecular formula is C16H22N2O3. The second-order valence-electron chi connectivity index (χ2n) is 5.42. The lowest BCUT2D eigenvalue weighted by Crippen LogP contribution is -2.48. The fraction of sp³-hybridized carbons (Fsp3) is 0.500. The van der Waals surface area contributed by atoms with Gasteiger partial charge in [0.05, 0.1) is 0 Å². The molecular weight excluding hydrogens is 268 g/mol. The molecule has 1 aromatic carbocycles. The molecule has 21 heavy (non-hydrogen) atoms. The number of nitrogens with zero attached hydrogens (tertiary/aromatic N) is 1. The highest BCUT2D eigenvalue weighted by Crippen LogP contribution is 2.21. The molecule has 0 bridgehead atoms. The molecule has 1 saturated heterocycles. The Bertz CT molecular complexity index is 476. The van der Waals surface area contributed by atoms with Gasteiger partial charge in [0.1, 0.15) is 0 Å². The predicted octanol–water partition coefficient (Wildman–Crippen LogP) is 2.62. The molecule has 0 spiro atoms. The van der Waals surface area contributed by atoms with Crippen LogP contribution in [0.25, 0.3) is 0 Å². The molecule has 2 amide bonds. The van der Waals surface area contributed by atoms with Crippen LogP contribution in [-0.2, 0) is 11.3 Å². The molecule has 5 nitrogen and oxygen atoms in total. The summed E-state index contributed by atoms with van der Waals surface area (Å²) < 4.78 is 0. The van der Waals surface area contributed by atoms with Crippen LogP contribution in [-0.4, -0.2) is 34.6 Å². The third-order valence-corrected chi connectivity index (χ3v) is 3.87. The van der Waals surface area contributed by atoms with E-state index in [2.05, 4.69) is 5.32 Å². The summed E-state index contributed by atoms with van der Waals surface area (Å²) in [5, 5.41) is 11.7. The predicted molar refractivity (Wildman–Crippen MR) is 79.9 cm³/mol. The molecule has 1 aliphatic rings. The molecule has 2 N–H and O–H groups in total. The molecule has 0 aromatic heterocycles. The summed E-state index contributed by atoms with van der Waals surface area (Å²) in [4.78, 5) is 24.8. The third-order valence-electron chi connectivity index (χ3n) is 3.87. The summed E-state index contributed by atoms with van der Waals surface area (Å²) in [7, 11) is 0. The van der Waals surface area contributed by atoms with Crippen LogP contribution in [0.15, 0.2) is 30.3 Å². The van der Waals surface area contributed by atoms with Crippen LogP contribution in [0.4, 0.5) is 4.79 Å². The largest absolute Gasteiger partial charge is 0.481 e. The van der Waals surface area contributed by atoms with Crippen LogP contribution < -0.4 is 5.32 Å². The maximum absolute atomic E-state index is 12.3. The summed E-state index contributed by atoms with van der Waals surface area (Å²) in [5.41, 5.74) is 1.06. The maximum Gasteiger partial charge on any atom is 0.317 e. The Kier molecular flexibility index (Phi) is 5.60. The first-order valence-electron chi connectivity index (χ1n) is 7.47. The van der Waals surface area contributed by atoms with Crippen molar-refractivity contribution in [2.45, 2.75) is 44.7 Å². The van der Waals surface area contributed by atoms with Gasteiger partial charge in [0, 0.05) is 25.6 Å². The van der Waals surface area contributed by atoms with Gasteiger partial charge in [-0.05, 0) is 31.2 Å². The zero-order valence-electron chi connectivity index (χ0n) is 12.1. The molecule has 0 saturated carbocycles. The molecule has 0 radical (unpaired) electrons. The quantitative estimate of drug-likeness (QED) is 0.875. The number of piperidine rings is 1. The number of carbonyl (C=O) groups excluding carboxylic acids is 1. The van der Waals surface area contributed by atoms with Gasteiger partial charge >= 0.3 is 12.0 Å². The molecule has 2 rings (SSSR count). The molecule has 0 aliphatic carbocycles. The number of rotatable bonds is 5. The van der Waals surface area contributed by atoms with E-state index in [1.54, 1.807) is 4.90 Å². The number of hydrogen-bond donors (Lipinski definition) is 2. The van der Waals surface area contributed by atoms with Gasteiger partial charge < -0.3 is 15.3 Å². The Balaban J connectivity index is 1.87. The van der Waals surface area contributed by atoms with Gasteiger partial charge in [0.2, 0.25) is 0 Å². The summed E-state index contributed by atoms with van der Waals surface area (Å²) >= 11 is 0. The second-order valence-corrected chi connectivity index (χ2v) is 5.42. The first-order chi connectivity index (χ1) is 10.2. The van der Waals surface area contributed by atoms with Gasteiger partial charge in [-0.15, -0.1) is 0 Å². The first kappa shape index (κ1) is 15.4. The summed E-state index contributed by atoms with van der Waals surface area (Å²) in [6.07, 6.45) is 3.60. The molecule has 5 heteroatoms. The van der Waals surface area contributed by atoms with Crippen molar-refractivity contribution in [1.82, 2.24) is 10.2 Å². The van der Waals surface area contributed by atoms with E-state index in [0.717, 1.165) is 24.8 Å². The zero-order chi connectivity index (χ0) is 15.1. The molecule has 1 atom stereocenters. The van der Waals surface area contributed by atoms with Crippen molar-refractivity contribution in [2.24, 2.45) is 0 Å². The van der Waals surface area contributed by atoms with Crippen molar-refractivity contribution >= 4 is 12.0 Å². The SMILES string of the molecule is O=C(O)CCC1CCCCN1C(=O)NCc1ccccc1. The number of likely N-dealkylation sites (tertiary alicyclic amines) is 1. The van der Waals surface area contributed by atoms with Gasteiger partial charge in [-0.25, -0.2) is 4.79 Å². The molecule has 114 valence electrons. The van der Waals surface area contributed by atoms with Crippen LogP contribution in [0.3, 0.4) is 0 Å². The van der Waals surface area contributed by atoms with Gasteiger partial charge in [-0.3, -0.25) is 4.79 Å². The fourth-order valence-corrected chi connectivity index (χ4v) is 2.73. The lowest BCUT2D eigenvalue weighted by molar-refractivity contribution is -0.137. The molecule has 1 aliphatic heterocycles. The standard InChI is InChI=1S/C16H22N2O3/c19-15(20)10-9-14-8-4-5-11-18(14)16(21)17-12-13-6-2-1-3-7-13/h1-3,6-7,14H,4-5,8-12H2,(H,17,21)(H,19,20). The van der Waals surface area contributed by atoms with E-state index in [1.165, 1.54) is 0 Å². The van der Waals surface area contributed by atoms with E-state index >= 15 is 0 Å². The van der Waals surface area contributed by atoms with Crippen molar-refractivity contribution in [3.63, 3.8) is 0 Å². The monoisotopic (exact) mass is 290 g/mol. The van der Waals surface area contributed by atoms with Crippen LogP contribution in [0.5, 0.6) is 0 Å². The molecule has 1 heterocycles. The number of benzene rings is 1. The van der Waals surface area contributed by atoms with Gasteiger partial charge in [-0.2, -0.15) is 0 Å². The minimum Gasteiger partial charge on any atom is -0.481 e. The Morgan fingerprint density at radius 3 is 2.71 bits per heavy atom. The van der Waals surface area contributed by atoms with Crippen molar-refractivity contribution in [1.29, 1.82) is 0 Å². The molecule has 1 unspecified atom stereocenters. The highest BCUT2D eigenvalue weighted by atomic mass is 16.4. The van der Waals surface area contributed by atoms with Gasteiger partial charge in [0.25, 0.3) is 0 Å². The Labute approximate surface area is 125 Å². The Morgan fingerprint density at radius 1 is 1.24 bits per heavy atom. The van der Waals surface area contributed by atoms with Crippen LogP contribution >= 0.6 is 0 Å². The summed E-state index contributed by atoms with van der Waals surface area (Å²) in [6.45, 7) is 1.22. The van der Waals surface area contributed by atoms with E-state index in [1.807, 2.05) is 30.3 Å². The van der Waals surface area contributed by atoms with Crippen molar-refractivity contribution < 1.29 is 14.7 Å². The number of urea groups is 1. The van der Waals surface area contributed by atoms with E-state index < -0.39 is 5.97 Å². The number of carboxylic acids is 1. The molecule has 1 fully saturated rings. The van der Waals surface area contributed by atoms with Crippen molar-refractivity contribution in [3.05, 3.63) is 35.9 Å². The smallest absolute Gasteiger partial charge is 0.317 e. The topological polar surface area (TPSA) is 69.6 Å². The maximum atomic E-state index is 12.3. The number of aliphatic carboxylic acids is 1. The normalized spacial score (nSPS) is 18.3. The van der Waals surface area contributed by atoms with E-state index in [-0.39, 0.29) is 18.5 Å². The first-order valence-corrected chi connectivity index (χ1v) is 7.47. The van der Waals surface area contributed by atoms with Crippen molar-refractivity contribution in [2.75, 3.05) is 6.54 Å². The zero-order valence-corrected chi connectivity index (χ0v) is 12.1. The Morgan fingerprint density at radius 2 is 2.00 bits per heavy atom. The van der Waals surface area contributed by atoms with E-state index in [0.29, 0.717) is 19.5 Å². The minimum absolute atomic E-state index is 0.0469. The Hall–Kier alpha value is -2.04. The van der Waals surface area contributed by atoms with Crippen molar-refractivity contribution in [3.8, 4) is 0 Å². The number of hydrogen-bond acceptors (Lipinski definition) is 2. The van der Waals surface area contributed by atoms with Gasteiger partial charge in [-0.1, -0.05) is 30.3 Å². The van der Waals surface area contributed by atoms with Crippen LogP contribution in [0, 0.1) is 0 Å². The lowest BCUT2D eigenvalue weighted by atomic mass is 9.98. The third kappa shape index (κ3) is 4.77. The average Bonchev–Trinajstić information content (AvgIpc) is 2.52.